The van der Waals surface area contributed by atoms with Gasteiger partial charge in [-0.3, -0.25) is 0 Å². The predicted octanol–water partition coefficient (Wildman–Crippen LogP) is 8.78. The summed E-state index contributed by atoms with van der Waals surface area (Å²) in [5, 5.41) is 0. The van der Waals surface area contributed by atoms with Crippen LogP contribution in [0, 0.1) is 0 Å². The molecule has 0 radical (unpaired) electrons. The average molecular weight is 397 g/mol. The van der Waals surface area contributed by atoms with Crippen LogP contribution in [0.2, 0.25) is 18.1 Å². The van der Waals surface area contributed by atoms with Crippen LogP contribution in [0.4, 0.5) is 0 Å². The third kappa shape index (κ3) is 6.90. The second-order valence-electron chi connectivity index (χ2n) is 8.24. The molecular weight excluding hydrogens is 356 g/mol. The fraction of sp³-hybridized carbons (Fsp3) is 0.538. The number of rotatable bonds is 13. The molecule has 0 spiro atoms. The van der Waals surface area contributed by atoms with Gasteiger partial charge in [0, 0.05) is 0 Å². The average Bonchev–Trinajstić information content (AvgIpc) is 2.75. The Morgan fingerprint density at radius 3 is 1.61 bits per heavy atom. The van der Waals surface area contributed by atoms with Crippen molar-refractivity contribution in [3.63, 3.8) is 0 Å². The van der Waals surface area contributed by atoms with Gasteiger partial charge in [0.05, 0.1) is 6.10 Å². The lowest BCUT2D eigenvalue weighted by Crippen LogP contribution is -2.39. The highest BCUT2D eigenvalue weighted by Crippen LogP contribution is 2.35. The van der Waals surface area contributed by atoms with E-state index in [2.05, 4.69) is 82.3 Å². The number of hydrogen-bond donors (Lipinski definition) is 0. The van der Waals surface area contributed by atoms with Crippen molar-refractivity contribution >= 4 is 8.32 Å². The zero-order valence-electron chi connectivity index (χ0n) is 18.5. The first-order valence-corrected chi connectivity index (χ1v) is 14.0. The molecule has 2 heteroatoms. The number of unbranched alkanes of at least 4 members (excludes halogenated alkanes) is 3. The Balaban J connectivity index is 2.14. The molecule has 2 aromatic rings. The van der Waals surface area contributed by atoms with E-state index in [0.717, 1.165) is 0 Å². The number of benzene rings is 2. The Kier molecular flexibility index (Phi) is 10.0. The van der Waals surface area contributed by atoms with Crippen molar-refractivity contribution in [3.8, 4) is 11.1 Å². The van der Waals surface area contributed by atoms with Crippen molar-refractivity contribution in [2.24, 2.45) is 0 Å². The summed E-state index contributed by atoms with van der Waals surface area (Å²) in [7, 11) is -1.68. The molecule has 2 aromatic carbocycles. The van der Waals surface area contributed by atoms with Crippen LogP contribution in [0.3, 0.4) is 0 Å². The summed E-state index contributed by atoms with van der Waals surface area (Å²) in [6, 6.07) is 23.6. The van der Waals surface area contributed by atoms with E-state index < -0.39 is 8.32 Å². The quantitative estimate of drug-likeness (QED) is 0.307. The molecule has 0 aliphatic rings. The maximum atomic E-state index is 7.01. The lowest BCUT2D eigenvalue weighted by atomic mass is 10.0. The van der Waals surface area contributed by atoms with Crippen LogP contribution < -0.4 is 0 Å². The van der Waals surface area contributed by atoms with Gasteiger partial charge in [-0.05, 0) is 41.7 Å². The van der Waals surface area contributed by atoms with Crippen molar-refractivity contribution in [3.05, 3.63) is 60.2 Å². The summed E-state index contributed by atoms with van der Waals surface area (Å²) in [6.07, 6.45) is 7.98. The van der Waals surface area contributed by atoms with E-state index in [1.165, 1.54) is 73.3 Å². The molecule has 1 atom stereocenters. The molecule has 2 rings (SSSR count). The fourth-order valence-electron chi connectivity index (χ4n) is 4.07. The van der Waals surface area contributed by atoms with E-state index in [1.807, 2.05) is 0 Å². The topological polar surface area (TPSA) is 9.23 Å². The molecule has 154 valence electrons. The van der Waals surface area contributed by atoms with E-state index in [9.17, 15) is 0 Å². The smallest absolute Gasteiger partial charge is 0.193 e. The minimum Gasteiger partial charge on any atom is -0.410 e. The minimum absolute atomic E-state index is 0.196. The third-order valence-electron chi connectivity index (χ3n) is 5.87. The van der Waals surface area contributed by atoms with Gasteiger partial charge in [-0.1, -0.05) is 114 Å². The molecule has 0 aliphatic carbocycles. The molecule has 28 heavy (non-hydrogen) atoms. The maximum absolute atomic E-state index is 7.01. The van der Waals surface area contributed by atoms with Crippen LogP contribution >= 0.6 is 0 Å². The van der Waals surface area contributed by atoms with Crippen LogP contribution in [-0.2, 0) is 4.43 Å². The Hall–Kier alpha value is -1.38. The van der Waals surface area contributed by atoms with Gasteiger partial charge in [0.1, 0.15) is 0 Å². The summed E-state index contributed by atoms with van der Waals surface area (Å²) < 4.78 is 7.01. The van der Waals surface area contributed by atoms with Crippen LogP contribution in [0.15, 0.2) is 54.6 Å². The summed E-state index contributed by atoms with van der Waals surface area (Å²) in [4.78, 5) is 0. The molecule has 0 unspecified atom stereocenters. The molecule has 0 aromatic heterocycles. The maximum Gasteiger partial charge on any atom is 0.193 e. The molecule has 0 amide bonds. The highest BCUT2D eigenvalue weighted by Gasteiger charge is 2.35. The van der Waals surface area contributed by atoms with Gasteiger partial charge in [0.2, 0.25) is 0 Å². The molecule has 0 aliphatic heterocycles. The molecule has 0 N–H and O–H groups in total. The summed E-state index contributed by atoms with van der Waals surface area (Å²) >= 11 is 0. The van der Waals surface area contributed by atoms with Crippen LogP contribution in [0.25, 0.3) is 11.1 Å². The van der Waals surface area contributed by atoms with Gasteiger partial charge in [-0.2, -0.15) is 0 Å². The van der Waals surface area contributed by atoms with E-state index >= 15 is 0 Å². The van der Waals surface area contributed by atoms with E-state index in [1.54, 1.807) is 0 Å². The molecule has 0 fully saturated rings. The first-order valence-electron chi connectivity index (χ1n) is 11.5. The molecular formula is C26H40OSi. The van der Waals surface area contributed by atoms with Gasteiger partial charge in [0.15, 0.2) is 8.32 Å². The Bertz CT molecular complexity index is 628. The van der Waals surface area contributed by atoms with E-state index in [-0.39, 0.29) is 6.10 Å². The zero-order valence-corrected chi connectivity index (χ0v) is 19.5. The summed E-state index contributed by atoms with van der Waals surface area (Å²) in [5.41, 5.74) is 3.88. The Labute approximate surface area is 174 Å². The summed E-state index contributed by atoms with van der Waals surface area (Å²) in [6.45, 7) is 9.20. The molecule has 1 nitrogen and oxygen atoms in total. The van der Waals surface area contributed by atoms with Crippen molar-refractivity contribution < 1.29 is 4.43 Å². The molecule has 0 saturated carbocycles. The fourth-order valence-corrected chi connectivity index (χ4v) is 9.05. The molecule has 0 bridgehead atoms. The van der Waals surface area contributed by atoms with Crippen LogP contribution in [-0.4, -0.2) is 8.32 Å². The zero-order chi connectivity index (χ0) is 20.2. The van der Waals surface area contributed by atoms with Crippen LogP contribution in [0.5, 0.6) is 0 Å². The predicted molar refractivity (Wildman–Crippen MR) is 126 cm³/mol. The van der Waals surface area contributed by atoms with Crippen LogP contribution in [0.1, 0.15) is 77.9 Å². The van der Waals surface area contributed by atoms with Gasteiger partial charge in [0.25, 0.3) is 0 Å². The van der Waals surface area contributed by atoms with E-state index in [4.69, 9.17) is 4.43 Å². The van der Waals surface area contributed by atoms with Crippen molar-refractivity contribution in [2.45, 2.75) is 90.5 Å². The lowest BCUT2D eigenvalue weighted by Gasteiger charge is -2.35. The van der Waals surface area contributed by atoms with Gasteiger partial charge < -0.3 is 4.43 Å². The van der Waals surface area contributed by atoms with Gasteiger partial charge >= 0.3 is 0 Å². The SMILES string of the molecule is CCCC[Si](CCCC)(CCCC)O[C@@H](C)c1ccc(-c2ccccc2)cc1. The van der Waals surface area contributed by atoms with Gasteiger partial charge in [-0.15, -0.1) is 0 Å². The highest BCUT2D eigenvalue weighted by molar-refractivity contribution is 6.73. The van der Waals surface area contributed by atoms with Gasteiger partial charge in [-0.25, -0.2) is 0 Å². The Morgan fingerprint density at radius 2 is 1.14 bits per heavy atom. The Morgan fingerprint density at radius 1 is 0.679 bits per heavy atom. The first kappa shape index (κ1) is 22.9. The largest absolute Gasteiger partial charge is 0.410 e. The second kappa shape index (κ2) is 12.2. The van der Waals surface area contributed by atoms with E-state index in [0.29, 0.717) is 0 Å². The minimum atomic E-state index is -1.68. The number of hydrogen-bond acceptors (Lipinski definition) is 1. The summed E-state index contributed by atoms with van der Waals surface area (Å²) in [5.74, 6) is 0. The van der Waals surface area contributed by atoms with Crippen molar-refractivity contribution in [1.82, 2.24) is 0 Å². The van der Waals surface area contributed by atoms with Crippen molar-refractivity contribution in [2.75, 3.05) is 0 Å². The lowest BCUT2D eigenvalue weighted by molar-refractivity contribution is 0.206. The normalized spacial score (nSPS) is 12.9. The monoisotopic (exact) mass is 396 g/mol. The van der Waals surface area contributed by atoms with Crippen molar-refractivity contribution in [1.29, 1.82) is 0 Å². The molecule has 0 saturated heterocycles. The highest BCUT2D eigenvalue weighted by atomic mass is 28.4. The standard InChI is InChI=1S/C26H40OSi/c1-5-8-20-28(21-9-6-2,22-10-7-3)27-23(4)24-16-18-26(19-17-24)25-14-12-11-13-15-25/h11-19,23H,5-10,20-22H2,1-4H3/t23-/m0/s1. The second-order valence-corrected chi connectivity index (χ2v) is 12.3. The first-order chi connectivity index (χ1) is 13.6. The molecule has 0 heterocycles. The third-order valence-corrected chi connectivity index (χ3v) is 10.5.